The van der Waals surface area contributed by atoms with Crippen molar-refractivity contribution in [3.63, 3.8) is 0 Å². The number of ether oxygens (including phenoxy) is 1. The number of para-hydroxylation sites is 1. The first-order chi connectivity index (χ1) is 15.7. The summed E-state index contributed by atoms with van der Waals surface area (Å²) < 4.78 is 7.48. The van der Waals surface area contributed by atoms with E-state index in [2.05, 4.69) is 15.4 Å². The zero-order valence-corrected chi connectivity index (χ0v) is 18.7. The van der Waals surface area contributed by atoms with Crippen molar-refractivity contribution in [2.75, 3.05) is 5.32 Å². The van der Waals surface area contributed by atoms with Crippen molar-refractivity contribution < 1.29 is 9.53 Å². The van der Waals surface area contributed by atoms with Gasteiger partial charge in [0.25, 0.3) is 5.91 Å². The summed E-state index contributed by atoms with van der Waals surface area (Å²) >= 11 is 3.07. The molecular weight excluding hydrogens is 440 g/mol. The fraction of sp³-hybridized carbons (Fsp3) is 0.0417. The summed E-state index contributed by atoms with van der Waals surface area (Å²) in [6, 6.07) is 22.4. The van der Waals surface area contributed by atoms with Crippen molar-refractivity contribution >= 4 is 34.4 Å². The third-order valence-electron chi connectivity index (χ3n) is 4.61. The normalized spacial score (nSPS) is 10.8. The fourth-order valence-electron chi connectivity index (χ4n) is 3.09. The van der Waals surface area contributed by atoms with Crippen LogP contribution in [0.15, 0.2) is 83.6 Å². The minimum Gasteiger partial charge on any atom is -0.457 e. The highest BCUT2D eigenvalue weighted by atomic mass is 32.1. The number of hydrogen-bond donors (Lipinski definition) is 1. The van der Waals surface area contributed by atoms with Crippen molar-refractivity contribution in [3.05, 3.63) is 94.8 Å². The smallest absolute Gasteiger partial charge is 0.256 e. The average Bonchev–Trinajstić information content (AvgIpc) is 3.56. The molecule has 0 spiro atoms. The van der Waals surface area contributed by atoms with E-state index in [1.807, 2.05) is 66.2 Å². The van der Waals surface area contributed by atoms with Gasteiger partial charge in [-0.25, -0.2) is 4.98 Å². The monoisotopic (exact) mass is 458 g/mol. The third kappa shape index (κ3) is 4.32. The first kappa shape index (κ1) is 20.2. The van der Waals surface area contributed by atoms with Crippen LogP contribution in [0.4, 0.5) is 5.82 Å². The second kappa shape index (κ2) is 8.78. The summed E-state index contributed by atoms with van der Waals surface area (Å²) in [6.45, 7) is 1.93. The molecule has 0 atom stereocenters. The lowest BCUT2D eigenvalue weighted by Crippen LogP contribution is -2.15. The molecule has 8 heteroatoms. The maximum atomic E-state index is 13.0. The van der Waals surface area contributed by atoms with E-state index < -0.39 is 0 Å². The molecule has 1 N–H and O–H groups in total. The SMILES string of the molecule is Cc1csc(-n2nc(-c3cccs3)cc2NC(=O)c2ccc(Oc3ccccc3)cc2)n1. The molecule has 6 nitrogen and oxygen atoms in total. The van der Waals surface area contributed by atoms with Crippen molar-refractivity contribution in [1.29, 1.82) is 0 Å². The number of amides is 1. The van der Waals surface area contributed by atoms with Gasteiger partial charge in [-0.15, -0.1) is 22.7 Å². The zero-order chi connectivity index (χ0) is 21.9. The van der Waals surface area contributed by atoms with Crippen LogP contribution in [0.25, 0.3) is 15.7 Å². The molecule has 5 aromatic rings. The van der Waals surface area contributed by atoms with E-state index in [4.69, 9.17) is 4.74 Å². The lowest BCUT2D eigenvalue weighted by Gasteiger charge is -2.08. The second-order valence-corrected chi connectivity index (χ2v) is 8.75. The highest BCUT2D eigenvalue weighted by molar-refractivity contribution is 7.13. The largest absolute Gasteiger partial charge is 0.457 e. The van der Waals surface area contributed by atoms with Crippen LogP contribution in [0.2, 0.25) is 0 Å². The maximum Gasteiger partial charge on any atom is 0.256 e. The standard InChI is InChI=1S/C24H18N4O2S2/c1-16-15-32-24(25-16)28-22(14-20(27-28)21-8-5-13-31-21)26-23(29)17-9-11-19(12-10-17)30-18-6-3-2-4-7-18/h2-15H,1H3,(H,26,29). The number of aryl methyl sites for hydroxylation is 1. The summed E-state index contributed by atoms with van der Waals surface area (Å²) in [4.78, 5) is 18.5. The van der Waals surface area contributed by atoms with Crippen LogP contribution in [-0.4, -0.2) is 20.7 Å². The van der Waals surface area contributed by atoms with Gasteiger partial charge in [-0.05, 0) is 54.8 Å². The van der Waals surface area contributed by atoms with Gasteiger partial charge in [0.2, 0.25) is 5.13 Å². The first-order valence-electron chi connectivity index (χ1n) is 9.86. The Hall–Kier alpha value is -3.75. The number of thiophene rings is 1. The van der Waals surface area contributed by atoms with Crippen LogP contribution in [0.3, 0.4) is 0 Å². The van der Waals surface area contributed by atoms with Crippen LogP contribution in [0.1, 0.15) is 16.1 Å². The van der Waals surface area contributed by atoms with Gasteiger partial charge in [0, 0.05) is 17.0 Å². The summed E-state index contributed by atoms with van der Waals surface area (Å²) in [5, 5.41) is 12.3. The predicted octanol–water partition coefficient (Wildman–Crippen LogP) is 6.41. The van der Waals surface area contributed by atoms with E-state index in [1.165, 1.54) is 11.3 Å². The van der Waals surface area contributed by atoms with Crippen LogP contribution in [0.5, 0.6) is 11.5 Å². The minimum absolute atomic E-state index is 0.233. The lowest BCUT2D eigenvalue weighted by molar-refractivity contribution is 0.102. The molecule has 3 heterocycles. The van der Waals surface area contributed by atoms with Crippen LogP contribution < -0.4 is 10.1 Å². The van der Waals surface area contributed by atoms with E-state index in [0.717, 1.165) is 22.0 Å². The van der Waals surface area contributed by atoms with Gasteiger partial charge in [-0.1, -0.05) is 24.3 Å². The number of anilines is 1. The van der Waals surface area contributed by atoms with Crippen molar-refractivity contribution in [3.8, 4) is 27.2 Å². The molecule has 0 saturated carbocycles. The number of aromatic nitrogens is 3. The van der Waals surface area contributed by atoms with Gasteiger partial charge in [0.15, 0.2) is 0 Å². The molecule has 0 aliphatic heterocycles. The molecule has 3 aromatic heterocycles. The molecule has 5 rings (SSSR count). The molecule has 0 bridgehead atoms. The second-order valence-electron chi connectivity index (χ2n) is 6.97. The molecule has 158 valence electrons. The lowest BCUT2D eigenvalue weighted by atomic mass is 10.2. The first-order valence-corrected chi connectivity index (χ1v) is 11.6. The Bertz CT molecular complexity index is 1340. The Balaban J connectivity index is 1.39. The summed E-state index contributed by atoms with van der Waals surface area (Å²) in [7, 11) is 0. The van der Waals surface area contributed by atoms with Crippen LogP contribution in [0, 0.1) is 6.92 Å². The van der Waals surface area contributed by atoms with Crippen molar-refractivity contribution in [2.45, 2.75) is 6.92 Å². The molecule has 0 aliphatic carbocycles. The summed E-state index contributed by atoms with van der Waals surface area (Å²) in [5.41, 5.74) is 2.21. The highest BCUT2D eigenvalue weighted by Crippen LogP contribution is 2.29. The van der Waals surface area contributed by atoms with Gasteiger partial charge >= 0.3 is 0 Å². The summed E-state index contributed by atoms with van der Waals surface area (Å²) in [5.74, 6) is 1.74. The van der Waals surface area contributed by atoms with E-state index in [0.29, 0.717) is 22.3 Å². The Morgan fingerprint density at radius 2 is 1.75 bits per heavy atom. The van der Waals surface area contributed by atoms with E-state index in [1.54, 1.807) is 40.3 Å². The Morgan fingerprint density at radius 3 is 2.44 bits per heavy atom. The number of carbonyl (C=O) groups is 1. The van der Waals surface area contributed by atoms with Crippen molar-refractivity contribution in [2.24, 2.45) is 0 Å². The molecule has 2 aromatic carbocycles. The number of rotatable bonds is 6. The average molecular weight is 459 g/mol. The van der Waals surface area contributed by atoms with Crippen LogP contribution in [-0.2, 0) is 0 Å². The number of nitrogens with zero attached hydrogens (tertiary/aromatic N) is 3. The number of benzene rings is 2. The topological polar surface area (TPSA) is 69.0 Å². The van der Waals surface area contributed by atoms with E-state index >= 15 is 0 Å². The molecule has 0 aliphatic rings. The van der Waals surface area contributed by atoms with E-state index in [9.17, 15) is 4.79 Å². The molecule has 0 radical (unpaired) electrons. The number of hydrogen-bond acceptors (Lipinski definition) is 6. The van der Waals surface area contributed by atoms with Gasteiger partial charge in [-0.3, -0.25) is 4.79 Å². The molecule has 0 unspecified atom stereocenters. The Labute approximate surface area is 192 Å². The predicted molar refractivity (Wildman–Crippen MR) is 128 cm³/mol. The molecule has 1 amide bonds. The fourth-order valence-corrected chi connectivity index (χ4v) is 4.53. The molecular formula is C24H18N4O2S2. The number of nitrogens with one attached hydrogen (secondary N) is 1. The Morgan fingerprint density at radius 1 is 0.969 bits per heavy atom. The summed E-state index contributed by atoms with van der Waals surface area (Å²) in [6.07, 6.45) is 0. The number of carbonyl (C=O) groups excluding carboxylic acids is 1. The minimum atomic E-state index is -0.233. The molecule has 0 saturated heterocycles. The number of thiazole rings is 1. The van der Waals surface area contributed by atoms with Gasteiger partial charge in [0.1, 0.15) is 23.0 Å². The van der Waals surface area contributed by atoms with Gasteiger partial charge in [-0.2, -0.15) is 9.78 Å². The van der Waals surface area contributed by atoms with Gasteiger partial charge < -0.3 is 10.1 Å². The van der Waals surface area contributed by atoms with E-state index in [-0.39, 0.29) is 5.91 Å². The quantitative estimate of drug-likeness (QED) is 0.319. The van der Waals surface area contributed by atoms with Crippen molar-refractivity contribution in [1.82, 2.24) is 14.8 Å². The Kier molecular flexibility index (Phi) is 5.53. The maximum absolute atomic E-state index is 13.0. The highest BCUT2D eigenvalue weighted by Gasteiger charge is 2.17. The molecule has 0 fully saturated rings. The van der Waals surface area contributed by atoms with Crippen LogP contribution >= 0.6 is 22.7 Å². The van der Waals surface area contributed by atoms with Gasteiger partial charge in [0.05, 0.1) is 10.6 Å². The third-order valence-corrected chi connectivity index (χ3v) is 6.43. The molecule has 32 heavy (non-hydrogen) atoms. The zero-order valence-electron chi connectivity index (χ0n) is 17.1.